The van der Waals surface area contributed by atoms with Crippen molar-refractivity contribution < 1.29 is 9.66 Å². The number of anilines is 2. The SMILES string of the molecule is COC[C@@H](C)Nc1nc(C)c([N+](=O)[O-])c(NCc2ccccc2)n1. The summed E-state index contributed by atoms with van der Waals surface area (Å²) < 4.78 is 5.06. The van der Waals surface area contributed by atoms with E-state index in [0.29, 0.717) is 24.8 Å². The van der Waals surface area contributed by atoms with Crippen LogP contribution in [0.4, 0.5) is 17.5 Å². The zero-order valence-corrected chi connectivity index (χ0v) is 13.9. The lowest BCUT2D eigenvalue weighted by Gasteiger charge is -2.14. The third-order valence-electron chi connectivity index (χ3n) is 3.34. The van der Waals surface area contributed by atoms with E-state index in [1.165, 1.54) is 0 Å². The van der Waals surface area contributed by atoms with Crippen molar-refractivity contribution >= 4 is 17.5 Å². The first-order valence-corrected chi connectivity index (χ1v) is 7.57. The summed E-state index contributed by atoms with van der Waals surface area (Å²) >= 11 is 0. The second-order valence-electron chi connectivity index (χ2n) is 5.43. The molecule has 0 amide bonds. The molecule has 0 aliphatic rings. The molecule has 0 saturated carbocycles. The molecule has 0 saturated heterocycles. The van der Waals surface area contributed by atoms with Crippen LogP contribution < -0.4 is 10.6 Å². The van der Waals surface area contributed by atoms with E-state index in [1.54, 1.807) is 14.0 Å². The van der Waals surface area contributed by atoms with Gasteiger partial charge in [-0.05, 0) is 19.4 Å². The Kier molecular flexibility index (Phi) is 6.02. The number of rotatable bonds is 8. The van der Waals surface area contributed by atoms with E-state index in [2.05, 4.69) is 20.6 Å². The molecule has 2 aromatic rings. The molecule has 0 aliphatic heterocycles. The number of hydrogen-bond acceptors (Lipinski definition) is 7. The van der Waals surface area contributed by atoms with Gasteiger partial charge in [-0.2, -0.15) is 4.98 Å². The van der Waals surface area contributed by atoms with Crippen molar-refractivity contribution in [3.8, 4) is 0 Å². The molecule has 0 bridgehead atoms. The summed E-state index contributed by atoms with van der Waals surface area (Å²) in [6.45, 7) is 4.43. The summed E-state index contributed by atoms with van der Waals surface area (Å²) in [4.78, 5) is 19.3. The van der Waals surface area contributed by atoms with Crippen LogP contribution >= 0.6 is 0 Å². The maximum Gasteiger partial charge on any atom is 0.332 e. The molecule has 1 atom stereocenters. The molecule has 128 valence electrons. The Morgan fingerprint density at radius 3 is 2.62 bits per heavy atom. The number of aryl methyl sites for hydroxylation is 1. The van der Waals surface area contributed by atoms with Gasteiger partial charge in [-0.1, -0.05) is 30.3 Å². The largest absolute Gasteiger partial charge is 0.383 e. The van der Waals surface area contributed by atoms with Gasteiger partial charge in [0.25, 0.3) is 0 Å². The van der Waals surface area contributed by atoms with Gasteiger partial charge in [0.15, 0.2) is 0 Å². The Bertz CT molecular complexity index is 694. The maximum absolute atomic E-state index is 11.3. The molecule has 0 aliphatic carbocycles. The molecule has 8 heteroatoms. The van der Waals surface area contributed by atoms with Crippen LogP contribution in [0.15, 0.2) is 30.3 Å². The molecular weight excluding hydrogens is 310 g/mol. The van der Waals surface area contributed by atoms with Crippen molar-refractivity contribution in [2.45, 2.75) is 26.4 Å². The number of benzene rings is 1. The molecule has 0 radical (unpaired) electrons. The van der Waals surface area contributed by atoms with Crippen molar-refractivity contribution in [3.05, 3.63) is 51.7 Å². The lowest BCUT2D eigenvalue weighted by molar-refractivity contribution is -0.385. The van der Waals surface area contributed by atoms with Crippen LogP contribution in [0.2, 0.25) is 0 Å². The van der Waals surface area contributed by atoms with E-state index in [1.807, 2.05) is 37.3 Å². The van der Waals surface area contributed by atoms with E-state index in [-0.39, 0.29) is 17.5 Å². The van der Waals surface area contributed by atoms with Crippen molar-refractivity contribution in [2.24, 2.45) is 0 Å². The third-order valence-corrected chi connectivity index (χ3v) is 3.34. The highest BCUT2D eigenvalue weighted by molar-refractivity contribution is 5.61. The molecule has 1 aromatic heterocycles. The molecule has 1 heterocycles. The highest BCUT2D eigenvalue weighted by Gasteiger charge is 2.22. The molecule has 24 heavy (non-hydrogen) atoms. The van der Waals surface area contributed by atoms with Gasteiger partial charge in [0, 0.05) is 19.7 Å². The molecule has 0 fully saturated rings. The Morgan fingerprint density at radius 1 is 1.29 bits per heavy atom. The fourth-order valence-corrected chi connectivity index (χ4v) is 2.27. The zero-order chi connectivity index (χ0) is 17.5. The monoisotopic (exact) mass is 331 g/mol. The Morgan fingerprint density at radius 2 is 2.00 bits per heavy atom. The van der Waals surface area contributed by atoms with Crippen LogP contribution in [0.5, 0.6) is 0 Å². The van der Waals surface area contributed by atoms with Gasteiger partial charge in [-0.25, -0.2) is 4.98 Å². The molecule has 2 rings (SSSR count). The van der Waals surface area contributed by atoms with Crippen molar-refractivity contribution in [1.82, 2.24) is 9.97 Å². The van der Waals surface area contributed by atoms with Crippen LogP contribution in [0.1, 0.15) is 18.2 Å². The van der Waals surface area contributed by atoms with Crippen LogP contribution in [-0.4, -0.2) is 34.6 Å². The maximum atomic E-state index is 11.3. The van der Waals surface area contributed by atoms with E-state index in [0.717, 1.165) is 5.56 Å². The Hall–Kier alpha value is -2.74. The quantitative estimate of drug-likeness (QED) is 0.566. The first kappa shape index (κ1) is 17.6. The summed E-state index contributed by atoms with van der Waals surface area (Å²) in [6.07, 6.45) is 0. The average Bonchev–Trinajstić information content (AvgIpc) is 2.53. The summed E-state index contributed by atoms with van der Waals surface area (Å²) in [5, 5.41) is 17.4. The highest BCUT2D eigenvalue weighted by atomic mass is 16.6. The smallest absolute Gasteiger partial charge is 0.332 e. The van der Waals surface area contributed by atoms with E-state index < -0.39 is 4.92 Å². The van der Waals surface area contributed by atoms with Crippen LogP contribution in [0, 0.1) is 17.0 Å². The van der Waals surface area contributed by atoms with Crippen LogP contribution in [0.3, 0.4) is 0 Å². The summed E-state index contributed by atoms with van der Waals surface area (Å²) in [7, 11) is 1.60. The average molecular weight is 331 g/mol. The van der Waals surface area contributed by atoms with Gasteiger partial charge in [-0.15, -0.1) is 0 Å². The standard InChI is InChI=1S/C16H21N5O3/c1-11(10-24-3)18-16-19-12(2)14(21(22)23)15(20-16)17-9-13-7-5-4-6-8-13/h4-8,11H,9-10H2,1-3H3,(H2,17,18,19,20)/t11-/m1/s1. The minimum atomic E-state index is -0.467. The number of nitrogens with one attached hydrogen (secondary N) is 2. The number of nitrogens with zero attached hydrogens (tertiary/aromatic N) is 3. The number of methoxy groups -OCH3 is 1. The molecular formula is C16H21N5O3. The van der Waals surface area contributed by atoms with Gasteiger partial charge >= 0.3 is 5.69 Å². The highest BCUT2D eigenvalue weighted by Crippen LogP contribution is 2.27. The van der Waals surface area contributed by atoms with Crippen LogP contribution in [-0.2, 0) is 11.3 Å². The normalized spacial score (nSPS) is 11.8. The minimum absolute atomic E-state index is 0.0159. The van der Waals surface area contributed by atoms with Gasteiger partial charge < -0.3 is 15.4 Å². The van der Waals surface area contributed by atoms with E-state index in [9.17, 15) is 10.1 Å². The first-order valence-electron chi connectivity index (χ1n) is 7.57. The fourth-order valence-electron chi connectivity index (χ4n) is 2.27. The third kappa shape index (κ3) is 4.63. The number of ether oxygens (including phenoxy) is 1. The van der Waals surface area contributed by atoms with Gasteiger partial charge in [-0.3, -0.25) is 10.1 Å². The van der Waals surface area contributed by atoms with Crippen molar-refractivity contribution in [3.63, 3.8) is 0 Å². The van der Waals surface area contributed by atoms with Crippen LogP contribution in [0.25, 0.3) is 0 Å². The van der Waals surface area contributed by atoms with Crippen molar-refractivity contribution in [2.75, 3.05) is 24.4 Å². The molecule has 1 aromatic carbocycles. The lowest BCUT2D eigenvalue weighted by atomic mass is 10.2. The van der Waals surface area contributed by atoms with E-state index in [4.69, 9.17) is 4.74 Å². The summed E-state index contributed by atoms with van der Waals surface area (Å²) in [5.74, 6) is 0.529. The van der Waals surface area contributed by atoms with Gasteiger partial charge in [0.1, 0.15) is 5.69 Å². The topological polar surface area (TPSA) is 102 Å². The van der Waals surface area contributed by atoms with Gasteiger partial charge in [0.05, 0.1) is 11.5 Å². The number of aromatic nitrogens is 2. The Labute approximate surface area is 140 Å². The predicted octanol–water partition coefficient (Wildman–Crippen LogP) is 2.75. The second kappa shape index (κ2) is 8.21. The summed E-state index contributed by atoms with van der Waals surface area (Å²) in [5.41, 5.74) is 1.19. The summed E-state index contributed by atoms with van der Waals surface area (Å²) in [6, 6.07) is 9.60. The molecule has 2 N–H and O–H groups in total. The predicted molar refractivity (Wildman–Crippen MR) is 92.2 cm³/mol. The first-order chi connectivity index (χ1) is 11.5. The second-order valence-corrected chi connectivity index (χ2v) is 5.43. The van der Waals surface area contributed by atoms with Crippen molar-refractivity contribution in [1.29, 1.82) is 0 Å². The minimum Gasteiger partial charge on any atom is -0.383 e. The van der Waals surface area contributed by atoms with E-state index >= 15 is 0 Å². The fraction of sp³-hybridized carbons (Fsp3) is 0.375. The zero-order valence-electron chi connectivity index (χ0n) is 13.9. The molecule has 8 nitrogen and oxygen atoms in total. The molecule has 0 unspecified atom stereocenters. The Balaban J connectivity index is 2.25. The number of nitro groups is 1. The number of hydrogen-bond donors (Lipinski definition) is 2. The van der Waals surface area contributed by atoms with Gasteiger partial charge in [0.2, 0.25) is 11.8 Å². The molecule has 0 spiro atoms. The lowest BCUT2D eigenvalue weighted by Crippen LogP contribution is -2.23.